The van der Waals surface area contributed by atoms with Crippen molar-refractivity contribution in [2.24, 2.45) is 0 Å². The van der Waals surface area contributed by atoms with E-state index in [1.54, 1.807) is 6.07 Å². The Morgan fingerprint density at radius 1 is 1.22 bits per heavy atom. The summed E-state index contributed by atoms with van der Waals surface area (Å²) in [6, 6.07) is 13.4. The number of carbonyl (C=O) groups is 1. The number of aromatic nitrogens is 4. The number of rotatable bonds is 4. The molecule has 0 aliphatic carbocycles. The maximum Gasteiger partial charge on any atom is 0.246 e. The average Bonchev–Trinajstić information content (AvgIpc) is 2.96. The van der Waals surface area contributed by atoms with E-state index in [4.69, 9.17) is 0 Å². The highest BCUT2D eigenvalue weighted by Crippen LogP contribution is 2.16. The minimum Gasteiger partial charge on any atom is -0.324 e. The van der Waals surface area contributed by atoms with E-state index in [9.17, 15) is 9.18 Å². The maximum absolute atomic E-state index is 13.1. The number of tetrazole rings is 1. The quantitative estimate of drug-likeness (QED) is 0.803. The Bertz CT molecular complexity index is 828. The van der Waals surface area contributed by atoms with Crippen LogP contribution in [0.4, 0.5) is 10.1 Å². The van der Waals surface area contributed by atoms with Crippen molar-refractivity contribution in [3.05, 3.63) is 59.9 Å². The lowest BCUT2D eigenvalue weighted by molar-refractivity contribution is -0.116. The van der Waals surface area contributed by atoms with E-state index in [-0.39, 0.29) is 12.5 Å². The van der Waals surface area contributed by atoms with Gasteiger partial charge in [0.2, 0.25) is 5.91 Å². The van der Waals surface area contributed by atoms with Crippen molar-refractivity contribution in [2.75, 3.05) is 5.32 Å². The zero-order chi connectivity index (χ0) is 16.2. The van der Waals surface area contributed by atoms with Gasteiger partial charge in [-0.25, -0.2) is 9.07 Å². The zero-order valence-electron chi connectivity index (χ0n) is 12.4. The lowest BCUT2D eigenvalue weighted by Crippen LogP contribution is -2.20. The summed E-state index contributed by atoms with van der Waals surface area (Å²) in [6.45, 7) is 1.92. The number of hydrogen-bond acceptors (Lipinski definition) is 4. The Morgan fingerprint density at radius 3 is 2.74 bits per heavy atom. The van der Waals surface area contributed by atoms with Gasteiger partial charge in [0.15, 0.2) is 5.82 Å². The number of nitrogens with zero attached hydrogens (tertiary/aromatic N) is 4. The first-order chi connectivity index (χ1) is 11.1. The number of carbonyl (C=O) groups excluding carboxylic acids is 1. The Hall–Kier alpha value is -3.09. The molecule has 1 N–H and O–H groups in total. The van der Waals surface area contributed by atoms with E-state index in [2.05, 4.69) is 20.8 Å². The van der Waals surface area contributed by atoms with Crippen LogP contribution in [0, 0.1) is 12.7 Å². The first-order valence-electron chi connectivity index (χ1n) is 7.00. The molecule has 6 nitrogen and oxygen atoms in total. The van der Waals surface area contributed by atoms with Crippen LogP contribution in [0.3, 0.4) is 0 Å². The summed E-state index contributed by atoms with van der Waals surface area (Å²) >= 11 is 0. The van der Waals surface area contributed by atoms with Gasteiger partial charge in [0.1, 0.15) is 12.4 Å². The molecule has 116 valence electrons. The van der Waals surface area contributed by atoms with Crippen molar-refractivity contribution in [2.45, 2.75) is 13.5 Å². The number of aryl methyl sites for hydroxylation is 1. The van der Waals surface area contributed by atoms with E-state index in [0.29, 0.717) is 11.5 Å². The molecule has 0 unspecified atom stereocenters. The molecule has 0 fully saturated rings. The second-order valence-corrected chi connectivity index (χ2v) is 5.08. The van der Waals surface area contributed by atoms with Gasteiger partial charge in [-0.05, 0) is 35.5 Å². The van der Waals surface area contributed by atoms with Crippen LogP contribution in [0.2, 0.25) is 0 Å². The fourth-order valence-corrected chi connectivity index (χ4v) is 2.12. The molecule has 7 heteroatoms. The molecule has 0 aliphatic rings. The summed E-state index contributed by atoms with van der Waals surface area (Å²) < 4.78 is 14.5. The van der Waals surface area contributed by atoms with Gasteiger partial charge < -0.3 is 5.32 Å². The van der Waals surface area contributed by atoms with E-state index in [1.807, 2.05) is 31.2 Å². The second-order valence-electron chi connectivity index (χ2n) is 5.08. The molecule has 1 heterocycles. The largest absolute Gasteiger partial charge is 0.324 e. The minimum atomic E-state index is -0.412. The van der Waals surface area contributed by atoms with Gasteiger partial charge in [0.05, 0.1) is 0 Å². The lowest BCUT2D eigenvalue weighted by atomic mass is 10.1. The first-order valence-corrected chi connectivity index (χ1v) is 7.00. The SMILES string of the molecule is Cc1ccc(-c2nnnn2CC(=O)Nc2cccc(F)c2)cc1. The van der Waals surface area contributed by atoms with Crippen LogP contribution in [-0.2, 0) is 11.3 Å². The van der Waals surface area contributed by atoms with Gasteiger partial charge in [-0.3, -0.25) is 4.79 Å². The number of amides is 1. The van der Waals surface area contributed by atoms with Gasteiger partial charge in [-0.15, -0.1) is 5.10 Å². The third-order valence-electron chi connectivity index (χ3n) is 3.24. The standard InChI is InChI=1S/C16H14FN5O/c1-11-5-7-12(8-6-11)16-19-20-21-22(16)10-15(23)18-14-4-2-3-13(17)9-14/h2-9H,10H2,1H3,(H,18,23). The molecule has 23 heavy (non-hydrogen) atoms. The number of anilines is 1. The Morgan fingerprint density at radius 2 is 2.00 bits per heavy atom. The number of nitrogens with one attached hydrogen (secondary N) is 1. The van der Waals surface area contributed by atoms with Crippen molar-refractivity contribution >= 4 is 11.6 Å². The third-order valence-corrected chi connectivity index (χ3v) is 3.24. The van der Waals surface area contributed by atoms with Crippen molar-refractivity contribution in [3.63, 3.8) is 0 Å². The van der Waals surface area contributed by atoms with Gasteiger partial charge in [0, 0.05) is 11.3 Å². The van der Waals surface area contributed by atoms with Crippen molar-refractivity contribution in [1.29, 1.82) is 0 Å². The average molecular weight is 311 g/mol. The topological polar surface area (TPSA) is 72.7 Å². The van der Waals surface area contributed by atoms with Crippen LogP contribution < -0.4 is 5.32 Å². The van der Waals surface area contributed by atoms with E-state index >= 15 is 0 Å². The van der Waals surface area contributed by atoms with E-state index < -0.39 is 5.82 Å². The molecule has 2 aromatic carbocycles. The fraction of sp³-hybridized carbons (Fsp3) is 0.125. The van der Waals surface area contributed by atoms with Crippen molar-refractivity contribution in [1.82, 2.24) is 20.2 Å². The lowest BCUT2D eigenvalue weighted by Gasteiger charge is -2.07. The van der Waals surface area contributed by atoms with E-state index in [0.717, 1.165) is 11.1 Å². The van der Waals surface area contributed by atoms with Crippen LogP contribution in [0.15, 0.2) is 48.5 Å². The second kappa shape index (κ2) is 6.35. The monoisotopic (exact) mass is 311 g/mol. The normalized spacial score (nSPS) is 10.5. The van der Waals surface area contributed by atoms with Crippen molar-refractivity contribution in [3.8, 4) is 11.4 Å². The van der Waals surface area contributed by atoms with Crippen LogP contribution in [-0.4, -0.2) is 26.1 Å². The van der Waals surface area contributed by atoms with Crippen LogP contribution in [0.1, 0.15) is 5.56 Å². The zero-order valence-corrected chi connectivity index (χ0v) is 12.4. The molecular formula is C16H14FN5O. The van der Waals surface area contributed by atoms with Gasteiger partial charge >= 0.3 is 0 Å². The number of hydrogen-bond donors (Lipinski definition) is 1. The highest BCUT2D eigenvalue weighted by Gasteiger charge is 2.12. The molecule has 0 radical (unpaired) electrons. The molecule has 3 aromatic rings. The van der Waals surface area contributed by atoms with Crippen LogP contribution in [0.5, 0.6) is 0 Å². The predicted octanol–water partition coefficient (Wildman–Crippen LogP) is 2.43. The maximum atomic E-state index is 13.1. The molecule has 1 aromatic heterocycles. The summed E-state index contributed by atoms with van der Waals surface area (Å²) in [5.74, 6) is -0.249. The molecule has 0 aliphatic heterocycles. The third kappa shape index (κ3) is 3.57. The number of benzene rings is 2. The Labute approximate surface area is 132 Å². The molecule has 0 saturated heterocycles. The molecule has 0 saturated carbocycles. The highest BCUT2D eigenvalue weighted by molar-refractivity contribution is 5.90. The van der Waals surface area contributed by atoms with Crippen molar-refractivity contribution < 1.29 is 9.18 Å². The van der Waals surface area contributed by atoms with Gasteiger partial charge in [0.25, 0.3) is 0 Å². The van der Waals surface area contributed by atoms with Crippen LogP contribution in [0.25, 0.3) is 11.4 Å². The summed E-state index contributed by atoms with van der Waals surface area (Å²) in [7, 11) is 0. The molecule has 0 bridgehead atoms. The molecule has 3 rings (SSSR count). The predicted molar refractivity (Wildman–Crippen MR) is 83.0 cm³/mol. The summed E-state index contributed by atoms with van der Waals surface area (Å²) in [5, 5.41) is 14.0. The molecule has 0 spiro atoms. The summed E-state index contributed by atoms with van der Waals surface area (Å²) in [5.41, 5.74) is 2.33. The van der Waals surface area contributed by atoms with Gasteiger partial charge in [-0.1, -0.05) is 35.9 Å². The molecular weight excluding hydrogens is 297 g/mol. The molecule has 1 amide bonds. The minimum absolute atomic E-state index is 0.0628. The summed E-state index contributed by atoms with van der Waals surface area (Å²) in [6.07, 6.45) is 0. The van der Waals surface area contributed by atoms with Gasteiger partial charge in [-0.2, -0.15) is 0 Å². The molecule has 0 atom stereocenters. The first kappa shape index (κ1) is 14.8. The highest BCUT2D eigenvalue weighted by atomic mass is 19.1. The fourth-order valence-electron chi connectivity index (χ4n) is 2.12. The Balaban J connectivity index is 1.75. The number of halogens is 1. The summed E-state index contributed by atoms with van der Waals surface area (Å²) in [4.78, 5) is 12.1. The smallest absolute Gasteiger partial charge is 0.246 e. The Kier molecular flexibility index (Phi) is 4.09. The van der Waals surface area contributed by atoms with E-state index in [1.165, 1.54) is 22.9 Å². The van der Waals surface area contributed by atoms with Crippen LogP contribution >= 0.6 is 0 Å².